The van der Waals surface area contributed by atoms with Gasteiger partial charge >= 0.3 is 6.18 Å². The molecule has 0 amide bonds. The molecule has 1 unspecified atom stereocenters. The smallest absolute Gasteiger partial charge is 0.390 e. The highest BCUT2D eigenvalue weighted by molar-refractivity contribution is 5.29. The van der Waals surface area contributed by atoms with Gasteiger partial charge < -0.3 is 9.84 Å². The van der Waals surface area contributed by atoms with Gasteiger partial charge in [0.2, 0.25) is 0 Å². The second kappa shape index (κ2) is 8.10. The number of nitrogens with zero attached hydrogens (tertiary/aromatic N) is 2. The zero-order valence-corrected chi connectivity index (χ0v) is 13.2. The Morgan fingerprint density at radius 3 is 2.57 bits per heavy atom. The van der Waals surface area contributed by atoms with Crippen LogP contribution in [-0.2, 0) is 17.5 Å². The summed E-state index contributed by atoms with van der Waals surface area (Å²) >= 11 is 0. The van der Waals surface area contributed by atoms with Crippen molar-refractivity contribution in [1.29, 1.82) is 0 Å². The molecule has 1 saturated heterocycles. The van der Waals surface area contributed by atoms with Crippen molar-refractivity contribution < 1.29 is 23.0 Å². The summed E-state index contributed by atoms with van der Waals surface area (Å²) in [5, 5.41) is 10.1. The minimum atomic E-state index is -4.36. The first kappa shape index (κ1) is 18.2. The number of likely N-dealkylation sites (N-methyl/N-ethyl adjacent to an activating group) is 1. The molecule has 1 aromatic carbocycles. The summed E-state index contributed by atoms with van der Waals surface area (Å²) in [6.07, 6.45) is -4.96. The van der Waals surface area contributed by atoms with Crippen LogP contribution in [0, 0.1) is 0 Å². The molecule has 0 spiro atoms. The van der Waals surface area contributed by atoms with Gasteiger partial charge in [0.15, 0.2) is 0 Å². The number of benzene rings is 1. The monoisotopic (exact) mass is 332 g/mol. The number of alkyl halides is 3. The number of β-amino-alcohol motifs (C(OH)–C–C–N with tert-alkyl or cyclic N) is 1. The molecule has 2 rings (SSSR count). The Kier molecular flexibility index (Phi) is 6.41. The second-order valence-electron chi connectivity index (χ2n) is 5.92. The van der Waals surface area contributed by atoms with Crippen LogP contribution in [0.5, 0.6) is 0 Å². The molecule has 1 fully saturated rings. The maximum absolute atomic E-state index is 13.0. The van der Waals surface area contributed by atoms with E-state index in [4.69, 9.17) is 4.74 Å². The van der Waals surface area contributed by atoms with Crippen molar-refractivity contribution in [3.05, 3.63) is 35.4 Å². The molecule has 1 aromatic rings. The normalized spacial score (nSPS) is 18.3. The molecule has 7 heteroatoms. The van der Waals surface area contributed by atoms with E-state index in [1.54, 1.807) is 18.0 Å². The Bertz CT molecular complexity index is 490. The third-order valence-electron chi connectivity index (χ3n) is 3.86. The number of hydrogen-bond acceptors (Lipinski definition) is 4. The molecule has 1 heterocycles. The first-order chi connectivity index (χ1) is 10.9. The van der Waals surface area contributed by atoms with Crippen LogP contribution in [0.1, 0.15) is 11.1 Å². The summed E-state index contributed by atoms with van der Waals surface area (Å²) in [6, 6.07) is 5.56. The third-order valence-corrected chi connectivity index (χ3v) is 3.86. The zero-order chi connectivity index (χ0) is 16.9. The number of halogens is 3. The van der Waals surface area contributed by atoms with Gasteiger partial charge in [0.05, 0.1) is 24.9 Å². The Morgan fingerprint density at radius 2 is 1.91 bits per heavy atom. The van der Waals surface area contributed by atoms with E-state index in [0.29, 0.717) is 26.3 Å². The van der Waals surface area contributed by atoms with E-state index in [2.05, 4.69) is 4.90 Å². The fourth-order valence-electron chi connectivity index (χ4n) is 2.79. The largest absolute Gasteiger partial charge is 0.416 e. The maximum atomic E-state index is 13.0. The number of morpholine rings is 1. The Labute approximate surface area is 134 Å². The Morgan fingerprint density at radius 1 is 1.26 bits per heavy atom. The van der Waals surface area contributed by atoms with Crippen molar-refractivity contribution in [2.75, 3.05) is 46.4 Å². The molecule has 0 aromatic heterocycles. The van der Waals surface area contributed by atoms with E-state index >= 15 is 0 Å². The van der Waals surface area contributed by atoms with Gasteiger partial charge in [-0.05, 0) is 18.7 Å². The minimum absolute atomic E-state index is 0.149. The van der Waals surface area contributed by atoms with E-state index in [9.17, 15) is 18.3 Å². The van der Waals surface area contributed by atoms with Crippen LogP contribution in [-0.4, -0.2) is 67.5 Å². The lowest BCUT2D eigenvalue weighted by atomic mass is 10.1. The average molecular weight is 332 g/mol. The fraction of sp³-hybridized carbons (Fsp3) is 0.625. The molecule has 1 N–H and O–H groups in total. The van der Waals surface area contributed by atoms with Crippen LogP contribution in [0.2, 0.25) is 0 Å². The average Bonchev–Trinajstić information content (AvgIpc) is 2.47. The quantitative estimate of drug-likeness (QED) is 0.862. The van der Waals surface area contributed by atoms with Gasteiger partial charge in [0.1, 0.15) is 0 Å². The number of hydrogen-bond donors (Lipinski definition) is 1. The predicted molar refractivity (Wildman–Crippen MR) is 81.0 cm³/mol. The van der Waals surface area contributed by atoms with Gasteiger partial charge in [0, 0.05) is 32.7 Å². The SMILES string of the molecule is CN(Cc1ccccc1C(F)(F)F)CC(O)CN1CCOCC1. The highest BCUT2D eigenvalue weighted by atomic mass is 19.4. The van der Waals surface area contributed by atoms with Crippen molar-refractivity contribution >= 4 is 0 Å². The molecule has 4 nitrogen and oxygen atoms in total. The van der Waals surface area contributed by atoms with E-state index in [-0.39, 0.29) is 12.1 Å². The topological polar surface area (TPSA) is 35.9 Å². The molecule has 23 heavy (non-hydrogen) atoms. The summed E-state index contributed by atoms with van der Waals surface area (Å²) in [4.78, 5) is 3.82. The molecule has 0 saturated carbocycles. The molecule has 1 aliphatic rings. The van der Waals surface area contributed by atoms with Crippen LogP contribution in [0.15, 0.2) is 24.3 Å². The van der Waals surface area contributed by atoms with Gasteiger partial charge in [0.25, 0.3) is 0 Å². The van der Waals surface area contributed by atoms with Crippen LogP contribution in [0.3, 0.4) is 0 Å². The molecular formula is C16H23F3N2O2. The van der Waals surface area contributed by atoms with E-state index in [0.717, 1.165) is 19.2 Å². The molecule has 1 atom stereocenters. The van der Waals surface area contributed by atoms with E-state index in [1.807, 2.05) is 0 Å². The lowest BCUT2D eigenvalue weighted by molar-refractivity contribution is -0.138. The first-order valence-electron chi connectivity index (χ1n) is 7.68. The molecule has 1 aliphatic heterocycles. The van der Waals surface area contributed by atoms with Crippen LogP contribution in [0.4, 0.5) is 13.2 Å². The zero-order valence-electron chi connectivity index (χ0n) is 13.2. The Balaban J connectivity index is 1.88. The number of aliphatic hydroxyl groups excluding tert-OH is 1. The van der Waals surface area contributed by atoms with Crippen molar-refractivity contribution in [3.8, 4) is 0 Å². The van der Waals surface area contributed by atoms with Gasteiger partial charge in [-0.3, -0.25) is 9.80 Å². The molecule has 130 valence electrons. The van der Waals surface area contributed by atoms with Crippen molar-refractivity contribution in [2.24, 2.45) is 0 Å². The van der Waals surface area contributed by atoms with E-state index in [1.165, 1.54) is 12.1 Å². The highest BCUT2D eigenvalue weighted by Gasteiger charge is 2.33. The van der Waals surface area contributed by atoms with Crippen molar-refractivity contribution in [2.45, 2.75) is 18.8 Å². The minimum Gasteiger partial charge on any atom is -0.390 e. The summed E-state index contributed by atoms with van der Waals surface area (Å²) < 4.78 is 44.2. The number of rotatable bonds is 6. The summed E-state index contributed by atoms with van der Waals surface area (Å²) in [5.41, 5.74) is -0.393. The molecule has 0 radical (unpaired) electrons. The van der Waals surface area contributed by atoms with Crippen LogP contribution in [0.25, 0.3) is 0 Å². The first-order valence-corrected chi connectivity index (χ1v) is 7.68. The van der Waals surface area contributed by atoms with Gasteiger partial charge in [-0.15, -0.1) is 0 Å². The standard InChI is InChI=1S/C16H23F3N2O2/c1-20(11-14(22)12-21-6-8-23-9-7-21)10-13-4-2-3-5-15(13)16(17,18)19/h2-5,14,22H,6-12H2,1H3. The number of ether oxygens (including phenoxy) is 1. The second-order valence-corrected chi connectivity index (χ2v) is 5.92. The van der Waals surface area contributed by atoms with Gasteiger partial charge in [-0.1, -0.05) is 18.2 Å². The molecular weight excluding hydrogens is 309 g/mol. The van der Waals surface area contributed by atoms with Crippen LogP contribution >= 0.6 is 0 Å². The number of aliphatic hydroxyl groups is 1. The predicted octanol–water partition coefficient (Wildman–Crippen LogP) is 1.83. The van der Waals surface area contributed by atoms with Gasteiger partial charge in [-0.25, -0.2) is 0 Å². The Hall–Kier alpha value is -1.15. The lowest BCUT2D eigenvalue weighted by Gasteiger charge is -2.30. The summed E-state index contributed by atoms with van der Waals surface area (Å²) in [7, 11) is 1.72. The summed E-state index contributed by atoms with van der Waals surface area (Å²) in [6.45, 7) is 3.84. The summed E-state index contributed by atoms with van der Waals surface area (Å²) in [5.74, 6) is 0. The maximum Gasteiger partial charge on any atom is 0.416 e. The highest BCUT2D eigenvalue weighted by Crippen LogP contribution is 2.32. The molecule has 0 aliphatic carbocycles. The van der Waals surface area contributed by atoms with Crippen molar-refractivity contribution in [3.63, 3.8) is 0 Å². The van der Waals surface area contributed by atoms with Crippen LogP contribution < -0.4 is 0 Å². The van der Waals surface area contributed by atoms with Crippen molar-refractivity contribution in [1.82, 2.24) is 9.80 Å². The lowest BCUT2D eigenvalue weighted by Crippen LogP contribution is -2.44. The third kappa shape index (κ3) is 5.76. The fourth-order valence-corrected chi connectivity index (χ4v) is 2.79. The molecule has 0 bridgehead atoms. The van der Waals surface area contributed by atoms with Gasteiger partial charge in [-0.2, -0.15) is 13.2 Å². The van der Waals surface area contributed by atoms with E-state index < -0.39 is 17.8 Å².